The van der Waals surface area contributed by atoms with Crippen molar-refractivity contribution < 1.29 is 0 Å². The first-order chi connectivity index (χ1) is 4.81. The predicted octanol–water partition coefficient (Wildman–Crippen LogP) is 2.42. The van der Waals surface area contributed by atoms with E-state index in [-0.39, 0.29) is 0 Å². The molecule has 0 bridgehead atoms. The molecule has 0 aromatic rings. The minimum Gasteiger partial charge on any atom is -0.323 e. The minimum atomic E-state index is 1.04. The van der Waals surface area contributed by atoms with Crippen LogP contribution in [0.25, 0.3) is 0 Å². The maximum absolute atomic E-state index is 2.75. The first kappa shape index (κ1) is 9.96. The minimum absolute atomic E-state index is 1.04. The number of hydrogen-bond donors (Lipinski definition) is 1. The topological polar surface area (TPSA) is 12.0 Å². The maximum Gasteiger partial charge on any atom is -0.0167 e. The summed E-state index contributed by atoms with van der Waals surface area (Å²) in [4.78, 5) is 0. The molecule has 1 saturated carbocycles. The highest BCUT2D eigenvalue weighted by molar-refractivity contribution is 4.59. The van der Waals surface area contributed by atoms with Crippen LogP contribution in [0.15, 0.2) is 0 Å². The van der Waals surface area contributed by atoms with E-state index in [1.165, 1.54) is 32.1 Å². The molecule has 1 rings (SSSR count). The van der Waals surface area contributed by atoms with E-state index in [9.17, 15) is 0 Å². The van der Waals surface area contributed by atoms with E-state index in [2.05, 4.69) is 12.2 Å². The molecule has 1 nitrogen and oxygen atoms in total. The summed E-state index contributed by atoms with van der Waals surface area (Å²) in [5.74, 6) is 1.04. The van der Waals surface area contributed by atoms with Crippen LogP contribution in [0.1, 0.15) is 39.0 Å². The largest absolute Gasteiger partial charge is 0.323 e. The fourth-order valence-electron chi connectivity index (χ4n) is 1.31. The second kappa shape index (κ2) is 7.07. The van der Waals surface area contributed by atoms with Gasteiger partial charge in [0.05, 0.1) is 0 Å². The van der Waals surface area contributed by atoms with Crippen LogP contribution >= 0.6 is 0 Å². The Labute approximate surface area is 65.2 Å². The molecule has 10 heavy (non-hydrogen) atoms. The lowest BCUT2D eigenvalue weighted by Gasteiger charge is -2.15. The summed E-state index contributed by atoms with van der Waals surface area (Å²) in [6.07, 6.45) is 7.44. The van der Waals surface area contributed by atoms with Crippen molar-refractivity contribution in [3.8, 4) is 0 Å². The van der Waals surface area contributed by atoms with Gasteiger partial charge in [-0.1, -0.05) is 39.0 Å². The Hall–Kier alpha value is -0.0400. The second-order valence-corrected chi connectivity index (χ2v) is 3.24. The number of nitrogens with one attached hydrogen (secondary N) is 1. The van der Waals surface area contributed by atoms with Crippen molar-refractivity contribution in [1.29, 1.82) is 0 Å². The van der Waals surface area contributed by atoms with Gasteiger partial charge in [-0.15, -0.1) is 0 Å². The van der Waals surface area contributed by atoms with Crippen LogP contribution in [-0.2, 0) is 0 Å². The zero-order valence-electron chi connectivity index (χ0n) is 7.61. The van der Waals surface area contributed by atoms with Crippen LogP contribution in [0.4, 0.5) is 0 Å². The molecule has 0 aliphatic heterocycles. The summed E-state index contributed by atoms with van der Waals surface area (Å²) in [5, 5.41) is 2.75. The molecule has 0 atom stereocenters. The van der Waals surface area contributed by atoms with Crippen molar-refractivity contribution in [3.63, 3.8) is 0 Å². The highest BCUT2D eigenvalue weighted by atomic mass is 14.7. The normalized spacial score (nSPS) is 19.5. The van der Waals surface area contributed by atoms with Crippen molar-refractivity contribution in [2.24, 2.45) is 5.92 Å². The van der Waals surface area contributed by atoms with Crippen LogP contribution in [0.2, 0.25) is 0 Å². The Balaban J connectivity index is 0.000000236. The Bertz CT molecular complexity index is 55.7. The highest BCUT2D eigenvalue weighted by Gasteiger charge is 2.05. The quantitative estimate of drug-likeness (QED) is 0.549. The van der Waals surface area contributed by atoms with E-state index in [0.717, 1.165) is 5.92 Å². The number of rotatable bonds is 0. The van der Waals surface area contributed by atoms with E-state index in [1.807, 2.05) is 14.1 Å². The number of hydrogen-bond acceptors (Lipinski definition) is 1. The standard InChI is InChI=1S/C7H14.C2H7N/c1-7-5-3-2-4-6-7;1-3-2/h7H,2-6H2,1H3;3H,1-2H3. The molecule has 1 fully saturated rings. The summed E-state index contributed by atoms with van der Waals surface area (Å²) in [6, 6.07) is 0. The van der Waals surface area contributed by atoms with Gasteiger partial charge in [-0.2, -0.15) is 0 Å². The van der Waals surface area contributed by atoms with Gasteiger partial charge in [0.25, 0.3) is 0 Å². The SMILES string of the molecule is CC1CCCCC1.CNC. The third-order valence-corrected chi connectivity index (χ3v) is 1.89. The predicted molar refractivity (Wildman–Crippen MR) is 47.2 cm³/mol. The lowest BCUT2D eigenvalue weighted by molar-refractivity contribution is 0.385. The van der Waals surface area contributed by atoms with Crippen molar-refractivity contribution in [2.45, 2.75) is 39.0 Å². The molecule has 1 aliphatic rings. The van der Waals surface area contributed by atoms with Gasteiger partial charge in [0, 0.05) is 0 Å². The fourth-order valence-corrected chi connectivity index (χ4v) is 1.31. The fraction of sp³-hybridized carbons (Fsp3) is 1.00. The van der Waals surface area contributed by atoms with Crippen molar-refractivity contribution in [3.05, 3.63) is 0 Å². The Morgan fingerprint density at radius 3 is 1.60 bits per heavy atom. The summed E-state index contributed by atoms with van der Waals surface area (Å²) in [6.45, 7) is 2.36. The van der Waals surface area contributed by atoms with Gasteiger partial charge in [-0.05, 0) is 20.0 Å². The van der Waals surface area contributed by atoms with Crippen LogP contribution in [-0.4, -0.2) is 14.1 Å². The molecule has 0 aromatic heterocycles. The molecular weight excluding hydrogens is 122 g/mol. The highest BCUT2D eigenvalue weighted by Crippen LogP contribution is 2.21. The molecule has 0 aromatic carbocycles. The van der Waals surface area contributed by atoms with Crippen molar-refractivity contribution >= 4 is 0 Å². The lowest BCUT2D eigenvalue weighted by Crippen LogP contribution is -1.99. The molecule has 0 unspecified atom stereocenters. The Kier molecular flexibility index (Phi) is 7.04. The third-order valence-electron chi connectivity index (χ3n) is 1.89. The molecule has 0 heterocycles. The molecule has 1 heteroatoms. The van der Waals surface area contributed by atoms with Gasteiger partial charge in [0.1, 0.15) is 0 Å². The van der Waals surface area contributed by atoms with Crippen LogP contribution < -0.4 is 5.32 Å². The zero-order chi connectivity index (χ0) is 7.82. The maximum atomic E-state index is 2.75. The van der Waals surface area contributed by atoms with Crippen molar-refractivity contribution in [2.75, 3.05) is 14.1 Å². The molecule has 1 aliphatic carbocycles. The first-order valence-electron chi connectivity index (χ1n) is 4.39. The van der Waals surface area contributed by atoms with Gasteiger partial charge in [-0.25, -0.2) is 0 Å². The molecule has 0 radical (unpaired) electrons. The Morgan fingerprint density at radius 1 is 1.00 bits per heavy atom. The van der Waals surface area contributed by atoms with E-state index in [4.69, 9.17) is 0 Å². The lowest BCUT2D eigenvalue weighted by atomic mass is 9.91. The Morgan fingerprint density at radius 2 is 1.40 bits per heavy atom. The third kappa shape index (κ3) is 6.09. The molecule has 0 amide bonds. The first-order valence-corrected chi connectivity index (χ1v) is 4.39. The van der Waals surface area contributed by atoms with E-state index >= 15 is 0 Å². The average molecular weight is 143 g/mol. The van der Waals surface area contributed by atoms with Gasteiger partial charge >= 0.3 is 0 Å². The monoisotopic (exact) mass is 143 g/mol. The van der Waals surface area contributed by atoms with E-state index in [0.29, 0.717) is 0 Å². The molecule has 62 valence electrons. The molecule has 0 saturated heterocycles. The molecule has 0 spiro atoms. The average Bonchev–Trinajstić information content (AvgIpc) is 1.91. The zero-order valence-corrected chi connectivity index (χ0v) is 7.61. The summed E-state index contributed by atoms with van der Waals surface area (Å²) < 4.78 is 0. The summed E-state index contributed by atoms with van der Waals surface area (Å²) in [7, 11) is 3.75. The van der Waals surface area contributed by atoms with Crippen molar-refractivity contribution in [1.82, 2.24) is 5.32 Å². The molecule has 1 N–H and O–H groups in total. The van der Waals surface area contributed by atoms with Gasteiger partial charge in [0.2, 0.25) is 0 Å². The van der Waals surface area contributed by atoms with Crippen LogP contribution in [0.5, 0.6) is 0 Å². The van der Waals surface area contributed by atoms with E-state index < -0.39 is 0 Å². The summed E-state index contributed by atoms with van der Waals surface area (Å²) in [5.41, 5.74) is 0. The van der Waals surface area contributed by atoms with Gasteiger partial charge < -0.3 is 5.32 Å². The summed E-state index contributed by atoms with van der Waals surface area (Å²) >= 11 is 0. The smallest absolute Gasteiger partial charge is 0.0167 e. The second-order valence-electron chi connectivity index (χ2n) is 3.24. The van der Waals surface area contributed by atoms with E-state index in [1.54, 1.807) is 0 Å². The molecular formula is C9H21N. The van der Waals surface area contributed by atoms with Gasteiger partial charge in [0.15, 0.2) is 0 Å². The van der Waals surface area contributed by atoms with Gasteiger partial charge in [-0.3, -0.25) is 0 Å². The van der Waals surface area contributed by atoms with Crippen LogP contribution in [0.3, 0.4) is 0 Å². The van der Waals surface area contributed by atoms with Crippen LogP contribution in [0, 0.1) is 5.92 Å².